The predicted molar refractivity (Wildman–Crippen MR) is 296 cm³/mol. The molecule has 6 heteroatoms. The number of allylic oxidation sites excluding steroid dienone is 6. The molecule has 2 atom stereocenters. The number of rotatable bonds is 56. The van der Waals surface area contributed by atoms with E-state index in [0.717, 1.165) is 64.2 Å². The minimum absolute atomic E-state index is 0.000738. The molecule has 0 saturated heterocycles. The number of nitrogens with one attached hydrogen (secondary N) is 1. The van der Waals surface area contributed by atoms with Gasteiger partial charge < -0.3 is 20.3 Å². The first kappa shape index (κ1) is 66.1. The fraction of sp³-hybridized carbons (Fsp3) is 0.871. The van der Waals surface area contributed by atoms with E-state index in [1.165, 1.54) is 225 Å². The van der Waals surface area contributed by atoms with Crippen LogP contribution in [0.4, 0.5) is 0 Å². The van der Waals surface area contributed by atoms with Crippen LogP contribution in [0.15, 0.2) is 36.5 Å². The number of aliphatic hydroxyl groups excluding tert-OH is 2. The zero-order chi connectivity index (χ0) is 49.3. The Hall–Kier alpha value is -1.92. The number of carbonyl (C=O) groups excluding carboxylic acids is 2. The molecule has 1 amide bonds. The lowest BCUT2D eigenvalue weighted by atomic mass is 10.0. The van der Waals surface area contributed by atoms with Gasteiger partial charge in [0, 0.05) is 12.8 Å². The first-order valence-electron chi connectivity index (χ1n) is 30.2. The van der Waals surface area contributed by atoms with Gasteiger partial charge in [0.15, 0.2) is 0 Å². The average Bonchev–Trinajstić information content (AvgIpc) is 3.34. The minimum Gasteiger partial charge on any atom is -0.466 e. The summed E-state index contributed by atoms with van der Waals surface area (Å²) in [6, 6.07) is -0.552. The van der Waals surface area contributed by atoms with Crippen molar-refractivity contribution in [1.82, 2.24) is 5.32 Å². The van der Waals surface area contributed by atoms with Crippen LogP contribution in [0.5, 0.6) is 0 Å². The number of amides is 1. The standard InChI is InChI=1S/C62H117NO5/c1-3-5-7-9-11-13-15-17-19-20-21-25-28-32-36-40-44-48-52-56-62(67)68-57-53-49-45-41-37-33-29-26-23-22-24-27-31-35-39-43-47-51-55-61(66)63-59(58-64)60(65)54-50-46-42-38-34-30-18-16-14-12-10-8-6-4-2/h11,13,17,19,24,27,59-60,64-65H,3-10,12,14-16,18,20-23,25-26,28-58H2,1-2H3,(H,63,66)/b13-11-,19-17-,27-24-. The normalized spacial score (nSPS) is 12.8. The number of esters is 1. The van der Waals surface area contributed by atoms with Crippen molar-refractivity contribution in [2.75, 3.05) is 13.2 Å². The van der Waals surface area contributed by atoms with Crippen LogP contribution in [0, 0.1) is 0 Å². The molecule has 0 aromatic heterocycles. The van der Waals surface area contributed by atoms with Gasteiger partial charge in [-0.25, -0.2) is 0 Å². The summed E-state index contributed by atoms with van der Waals surface area (Å²) in [6.07, 6.45) is 71.4. The van der Waals surface area contributed by atoms with Gasteiger partial charge in [0.2, 0.25) is 5.91 Å². The van der Waals surface area contributed by atoms with E-state index in [1.807, 2.05) is 0 Å². The molecule has 0 saturated carbocycles. The number of ether oxygens (including phenoxy) is 1. The topological polar surface area (TPSA) is 95.9 Å². The van der Waals surface area contributed by atoms with E-state index < -0.39 is 12.1 Å². The third-order valence-corrected chi connectivity index (χ3v) is 13.9. The largest absolute Gasteiger partial charge is 0.466 e. The maximum atomic E-state index is 12.5. The Labute approximate surface area is 424 Å². The molecule has 68 heavy (non-hydrogen) atoms. The van der Waals surface area contributed by atoms with Gasteiger partial charge in [-0.05, 0) is 83.5 Å². The SMILES string of the molecule is CCCCC/C=C\C/C=C\CCCCCCCCCCCC(=O)OCCCCCCCCCCC/C=C\CCCCCCCC(=O)NC(CO)C(O)CCCCCCCCCCCCCCCC. The third-order valence-electron chi connectivity index (χ3n) is 13.9. The van der Waals surface area contributed by atoms with Gasteiger partial charge in [-0.15, -0.1) is 0 Å². The number of unbranched alkanes of at least 4 members (excludes halogenated alkanes) is 39. The molecule has 0 fully saturated rings. The van der Waals surface area contributed by atoms with E-state index in [2.05, 4.69) is 55.6 Å². The lowest BCUT2D eigenvalue weighted by Gasteiger charge is -2.22. The maximum absolute atomic E-state index is 12.5. The van der Waals surface area contributed by atoms with Gasteiger partial charge in [0.1, 0.15) is 0 Å². The summed E-state index contributed by atoms with van der Waals surface area (Å²) in [5, 5.41) is 23.2. The van der Waals surface area contributed by atoms with Crippen molar-refractivity contribution in [3.8, 4) is 0 Å². The molecule has 2 unspecified atom stereocenters. The van der Waals surface area contributed by atoms with Crippen molar-refractivity contribution in [3.63, 3.8) is 0 Å². The lowest BCUT2D eigenvalue weighted by molar-refractivity contribution is -0.143. The number of hydrogen-bond acceptors (Lipinski definition) is 5. The molecule has 0 radical (unpaired) electrons. The Kier molecular flexibility index (Phi) is 56.0. The Bertz CT molecular complexity index is 1100. The lowest BCUT2D eigenvalue weighted by Crippen LogP contribution is -2.45. The van der Waals surface area contributed by atoms with E-state index in [9.17, 15) is 19.8 Å². The van der Waals surface area contributed by atoms with Gasteiger partial charge >= 0.3 is 5.97 Å². The summed E-state index contributed by atoms with van der Waals surface area (Å²) in [7, 11) is 0. The van der Waals surface area contributed by atoms with E-state index >= 15 is 0 Å². The highest BCUT2D eigenvalue weighted by Crippen LogP contribution is 2.17. The molecule has 0 aliphatic heterocycles. The second-order valence-electron chi connectivity index (χ2n) is 20.7. The predicted octanol–water partition coefficient (Wildman–Crippen LogP) is 18.8. The fourth-order valence-electron chi connectivity index (χ4n) is 9.25. The van der Waals surface area contributed by atoms with Crippen molar-refractivity contribution >= 4 is 11.9 Å². The van der Waals surface area contributed by atoms with Crippen LogP contribution in [-0.2, 0) is 14.3 Å². The highest BCUT2D eigenvalue weighted by atomic mass is 16.5. The van der Waals surface area contributed by atoms with Crippen LogP contribution >= 0.6 is 0 Å². The monoisotopic (exact) mass is 956 g/mol. The minimum atomic E-state index is -0.673. The smallest absolute Gasteiger partial charge is 0.305 e. The van der Waals surface area contributed by atoms with Crippen molar-refractivity contribution < 1.29 is 24.5 Å². The number of carbonyl (C=O) groups is 2. The molecule has 0 aliphatic carbocycles. The Balaban J connectivity index is 3.43. The Morgan fingerprint density at radius 3 is 1.16 bits per heavy atom. The van der Waals surface area contributed by atoms with E-state index in [0.29, 0.717) is 25.9 Å². The van der Waals surface area contributed by atoms with Crippen LogP contribution in [0.1, 0.15) is 322 Å². The zero-order valence-electron chi connectivity index (χ0n) is 45.6. The van der Waals surface area contributed by atoms with Crippen LogP contribution in [0.3, 0.4) is 0 Å². The Morgan fingerprint density at radius 2 is 0.735 bits per heavy atom. The van der Waals surface area contributed by atoms with Crippen LogP contribution in [0.25, 0.3) is 0 Å². The van der Waals surface area contributed by atoms with Crippen LogP contribution in [0.2, 0.25) is 0 Å². The highest BCUT2D eigenvalue weighted by Gasteiger charge is 2.20. The highest BCUT2D eigenvalue weighted by molar-refractivity contribution is 5.76. The summed E-state index contributed by atoms with van der Waals surface area (Å²) in [5.74, 6) is -0.0495. The summed E-state index contributed by atoms with van der Waals surface area (Å²) < 4.78 is 5.49. The van der Waals surface area contributed by atoms with Gasteiger partial charge in [0.05, 0.1) is 25.4 Å². The molecule has 400 valence electrons. The van der Waals surface area contributed by atoms with Crippen molar-refractivity contribution in [2.24, 2.45) is 0 Å². The molecule has 0 heterocycles. The third kappa shape index (κ3) is 53.4. The van der Waals surface area contributed by atoms with Crippen molar-refractivity contribution in [2.45, 2.75) is 334 Å². The van der Waals surface area contributed by atoms with Crippen molar-refractivity contribution in [3.05, 3.63) is 36.5 Å². The summed E-state index contributed by atoms with van der Waals surface area (Å²) >= 11 is 0. The Morgan fingerprint density at radius 1 is 0.412 bits per heavy atom. The number of hydrogen-bond donors (Lipinski definition) is 3. The first-order valence-corrected chi connectivity index (χ1v) is 30.2. The molecular weight excluding hydrogens is 839 g/mol. The molecule has 0 aromatic carbocycles. The summed E-state index contributed by atoms with van der Waals surface area (Å²) in [4.78, 5) is 24.6. The van der Waals surface area contributed by atoms with Crippen LogP contribution < -0.4 is 5.32 Å². The summed E-state index contributed by atoms with van der Waals surface area (Å²) in [5.41, 5.74) is 0. The molecule has 6 nitrogen and oxygen atoms in total. The quantitative estimate of drug-likeness (QED) is 0.0321. The second-order valence-corrected chi connectivity index (χ2v) is 20.7. The van der Waals surface area contributed by atoms with E-state index in [1.54, 1.807) is 0 Å². The molecule has 0 spiro atoms. The van der Waals surface area contributed by atoms with E-state index in [-0.39, 0.29) is 18.5 Å². The first-order chi connectivity index (χ1) is 33.5. The van der Waals surface area contributed by atoms with Gasteiger partial charge in [0.25, 0.3) is 0 Å². The maximum Gasteiger partial charge on any atom is 0.305 e. The molecule has 0 aromatic rings. The molecule has 0 bridgehead atoms. The van der Waals surface area contributed by atoms with Gasteiger partial charge in [-0.2, -0.15) is 0 Å². The van der Waals surface area contributed by atoms with Crippen molar-refractivity contribution in [1.29, 1.82) is 0 Å². The molecular formula is C62H117NO5. The number of aliphatic hydroxyl groups is 2. The molecule has 0 aliphatic rings. The zero-order valence-corrected chi connectivity index (χ0v) is 45.6. The van der Waals surface area contributed by atoms with Crippen LogP contribution in [-0.4, -0.2) is 47.4 Å². The molecule has 0 rings (SSSR count). The second kappa shape index (κ2) is 57.7. The average molecular weight is 957 g/mol. The van der Waals surface area contributed by atoms with Gasteiger partial charge in [-0.1, -0.05) is 262 Å². The molecule has 3 N–H and O–H groups in total. The summed E-state index contributed by atoms with van der Waals surface area (Å²) in [6.45, 7) is 4.92. The van der Waals surface area contributed by atoms with E-state index in [4.69, 9.17) is 4.74 Å². The fourth-order valence-corrected chi connectivity index (χ4v) is 9.25. The van der Waals surface area contributed by atoms with Gasteiger partial charge in [-0.3, -0.25) is 9.59 Å².